The molecule has 6 heteroatoms. The van der Waals surface area contributed by atoms with Gasteiger partial charge in [-0.15, -0.1) is 0 Å². The number of nitrogens with one attached hydrogen (secondary N) is 3. The van der Waals surface area contributed by atoms with Crippen LogP contribution in [0.1, 0.15) is 15.9 Å². The molecule has 0 atom stereocenters. The van der Waals surface area contributed by atoms with Crippen molar-refractivity contribution in [3.05, 3.63) is 118 Å². The molecule has 0 unspecified atom stereocenters. The third-order valence-corrected chi connectivity index (χ3v) is 6.08. The van der Waals surface area contributed by atoms with Crippen LogP contribution >= 0.6 is 0 Å². The molecule has 0 fully saturated rings. The first-order valence-electron chi connectivity index (χ1n) is 12.0. The Balaban J connectivity index is 1.18. The molecule has 180 valence electrons. The van der Waals surface area contributed by atoms with Crippen LogP contribution in [-0.4, -0.2) is 30.6 Å². The maximum absolute atomic E-state index is 13.1. The van der Waals surface area contributed by atoms with Crippen LogP contribution in [0, 0.1) is 0 Å². The van der Waals surface area contributed by atoms with E-state index in [1.54, 1.807) is 36.4 Å². The number of anilines is 1. The van der Waals surface area contributed by atoms with Gasteiger partial charge >= 0.3 is 0 Å². The molecule has 36 heavy (non-hydrogen) atoms. The molecule has 6 nitrogen and oxygen atoms in total. The zero-order valence-corrected chi connectivity index (χ0v) is 19.8. The molecular weight excluding hydrogens is 450 g/mol. The lowest BCUT2D eigenvalue weighted by atomic mass is 10.1. The van der Waals surface area contributed by atoms with Gasteiger partial charge in [-0.3, -0.25) is 9.59 Å². The van der Waals surface area contributed by atoms with Gasteiger partial charge < -0.3 is 20.4 Å². The number of pyridine rings is 1. The number of carbonyl (C=O) groups is 1. The van der Waals surface area contributed by atoms with Crippen molar-refractivity contribution < 1.29 is 9.53 Å². The fourth-order valence-corrected chi connectivity index (χ4v) is 4.21. The fraction of sp³-hybridized carbons (Fsp3) is 0.133. The van der Waals surface area contributed by atoms with Crippen LogP contribution in [0.5, 0.6) is 5.75 Å². The summed E-state index contributed by atoms with van der Waals surface area (Å²) >= 11 is 0. The molecule has 3 N–H and O–H groups in total. The first kappa shape index (κ1) is 23.3. The molecule has 5 aromatic rings. The second kappa shape index (κ2) is 10.9. The summed E-state index contributed by atoms with van der Waals surface area (Å²) in [5.41, 5.74) is 3.51. The molecule has 4 aromatic carbocycles. The predicted octanol–water partition coefficient (Wildman–Crippen LogP) is 5.14. The number of hydrogen-bond acceptors (Lipinski definition) is 4. The Bertz CT molecular complexity index is 1540. The molecular formula is C30H27N3O3. The number of ether oxygens (including phenoxy) is 1. The van der Waals surface area contributed by atoms with Crippen molar-refractivity contribution in [3.8, 4) is 5.75 Å². The average Bonchev–Trinajstić information content (AvgIpc) is 2.92. The minimum atomic E-state index is -0.289. The number of carbonyl (C=O) groups excluding carboxylic acids is 1. The first-order valence-corrected chi connectivity index (χ1v) is 12.0. The van der Waals surface area contributed by atoms with E-state index in [-0.39, 0.29) is 11.3 Å². The van der Waals surface area contributed by atoms with E-state index in [0.717, 1.165) is 25.3 Å². The van der Waals surface area contributed by atoms with Crippen LogP contribution in [0.25, 0.3) is 21.8 Å². The molecule has 0 saturated carbocycles. The summed E-state index contributed by atoms with van der Waals surface area (Å²) in [5.74, 6) is 0.446. The zero-order valence-electron chi connectivity index (χ0n) is 19.8. The number of H-pyrrole nitrogens is 1. The molecule has 0 bridgehead atoms. The van der Waals surface area contributed by atoms with Crippen molar-refractivity contribution in [1.29, 1.82) is 0 Å². The number of benzene rings is 4. The summed E-state index contributed by atoms with van der Waals surface area (Å²) in [6, 6.07) is 30.1. The predicted molar refractivity (Wildman–Crippen MR) is 145 cm³/mol. The number of rotatable bonds is 9. The molecule has 0 radical (unpaired) electrons. The summed E-state index contributed by atoms with van der Waals surface area (Å²) in [7, 11) is 0. The second-order valence-corrected chi connectivity index (χ2v) is 8.54. The SMILES string of the molecule is O=C(Nc1ccc(OCCNCCc2ccccc2)cc1)c1cccc2c(=O)c3ccccc3[nH]c12. The molecule has 0 saturated heterocycles. The molecule has 0 spiro atoms. The average molecular weight is 478 g/mol. The van der Waals surface area contributed by atoms with Crippen molar-refractivity contribution in [1.82, 2.24) is 10.3 Å². The van der Waals surface area contributed by atoms with Gasteiger partial charge in [-0.1, -0.05) is 48.5 Å². The Morgan fingerprint density at radius 3 is 2.36 bits per heavy atom. The monoisotopic (exact) mass is 477 g/mol. The van der Waals surface area contributed by atoms with E-state index in [9.17, 15) is 9.59 Å². The van der Waals surface area contributed by atoms with Crippen LogP contribution in [0.3, 0.4) is 0 Å². The minimum Gasteiger partial charge on any atom is -0.492 e. The van der Waals surface area contributed by atoms with Crippen molar-refractivity contribution in [2.24, 2.45) is 0 Å². The fourth-order valence-electron chi connectivity index (χ4n) is 4.21. The number of para-hydroxylation sites is 2. The minimum absolute atomic E-state index is 0.0925. The van der Waals surface area contributed by atoms with Crippen LogP contribution in [-0.2, 0) is 6.42 Å². The molecule has 0 aliphatic heterocycles. The van der Waals surface area contributed by atoms with Gasteiger partial charge in [-0.25, -0.2) is 0 Å². The summed E-state index contributed by atoms with van der Waals surface area (Å²) in [4.78, 5) is 29.2. The Morgan fingerprint density at radius 2 is 1.53 bits per heavy atom. The standard InChI is InChI=1S/C30H27N3O3/c34-29-24-9-4-5-12-27(24)33-28-25(29)10-6-11-26(28)30(35)32-22-13-15-23(16-14-22)36-20-19-31-18-17-21-7-2-1-3-8-21/h1-16,31H,17-20H2,(H,32,35)(H,33,34). The highest BCUT2D eigenvalue weighted by Crippen LogP contribution is 2.21. The highest BCUT2D eigenvalue weighted by molar-refractivity contribution is 6.13. The van der Waals surface area contributed by atoms with Crippen molar-refractivity contribution >= 4 is 33.4 Å². The largest absolute Gasteiger partial charge is 0.492 e. The van der Waals surface area contributed by atoms with Crippen LogP contribution in [0.15, 0.2) is 102 Å². The number of amides is 1. The Labute approximate surface area is 208 Å². The van der Waals surface area contributed by atoms with Gasteiger partial charge in [0.05, 0.1) is 11.1 Å². The third-order valence-electron chi connectivity index (χ3n) is 6.08. The topological polar surface area (TPSA) is 83.2 Å². The third kappa shape index (κ3) is 5.29. The molecule has 1 aromatic heterocycles. The van der Waals surface area contributed by atoms with Crippen LogP contribution < -0.4 is 20.8 Å². The zero-order chi connectivity index (χ0) is 24.7. The van der Waals surface area contributed by atoms with Crippen molar-refractivity contribution in [2.45, 2.75) is 6.42 Å². The van der Waals surface area contributed by atoms with E-state index in [4.69, 9.17) is 4.74 Å². The Hall–Kier alpha value is -4.42. The van der Waals surface area contributed by atoms with E-state index in [1.807, 2.05) is 36.4 Å². The van der Waals surface area contributed by atoms with E-state index in [0.29, 0.717) is 39.7 Å². The van der Waals surface area contributed by atoms with E-state index in [2.05, 4.69) is 39.9 Å². The number of hydrogen-bond donors (Lipinski definition) is 3. The van der Waals surface area contributed by atoms with Crippen molar-refractivity contribution in [2.75, 3.05) is 25.0 Å². The maximum atomic E-state index is 13.1. The van der Waals surface area contributed by atoms with E-state index < -0.39 is 0 Å². The summed E-state index contributed by atoms with van der Waals surface area (Å²) in [6.45, 7) is 2.20. The highest BCUT2D eigenvalue weighted by atomic mass is 16.5. The van der Waals surface area contributed by atoms with Gasteiger partial charge in [0.15, 0.2) is 5.43 Å². The summed E-state index contributed by atoms with van der Waals surface area (Å²) in [6.07, 6.45) is 0.982. The van der Waals surface area contributed by atoms with Crippen LogP contribution in [0.2, 0.25) is 0 Å². The van der Waals surface area contributed by atoms with Gasteiger partial charge in [-0.2, -0.15) is 0 Å². The van der Waals surface area contributed by atoms with Gasteiger partial charge in [-0.05, 0) is 67.1 Å². The lowest BCUT2D eigenvalue weighted by molar-refractivity contribution is 0.102. The van der Waals surface area contributed by atoms with Gasteiger partial charge in [0.25, 0.3) is 5.91 Å². The molecule has 5 rings (SSSR count). The van der Waals surface area contributed by atoms with Gasteiger partial charge in [0, 0.05) is 28.5 Å². The molecule has 1 amide bonds. The highest BCUT2D eigenvalue weighted by Gasteiger charge is 2.14. The second-order valence-electron chi connectivity index (χ2n) is 8.54. The Kier molecular flexibility index (Phi) is 7.05. The normalized spacial score (nSPS) is 11.0. The maximum Gasteiger partial charge on any atom is 0.257 e. The summed E-state index contributed by atoms with van der Waals surface area (Å²) in [5, 5.41) is 7.39. The smallest absolute Gasteiger partial charge is 0.257 e. The quantitative estimate of drug-likeness (QED) is 0.203. The lowest BCUT2D eigenvalue weighted by Crippen LogP contribution is -2.23. The number of aromatic nitrogens is 1. The van der Waals surface area contributed by atoms with E-state index in [1.165, 1.54) is 5.56 Å². The molecule has 0 aliphatic rings. The number of aromatic amines is 1. The summed E-state index contributed by atoms with van der Waals surface area (Å²) < 4.78 is 5.80. The van der Waals surface area contributed by atoms with E-state index >= 15 is 0 Å². The molecule has 0 aliphatic carbocycles. The first-order chi connectivity index (χ1) is 17.7. The Morgan fingerprint density at radius 1 is 0.778 bits per heavy atom. The van der Waals surface area contributed by atoms with Crippen molar-refractivity contribution in [3.63, 3.8) is 0 Å². The van der Waals surface area contributed by atoms with Gasteiger partial charge in [0.1, 0.15) is 12.4 Å². The molecule has 1 heterocycles. The lowest BCUT2D eigenvalue weighted by Gasteiger charge is -2.11. The van der Waals surface area contributed by atoms with Gasteiger partial charge in [0.2, 0.25) is 0 Å². The number of fused-ring (bicyclic) bond motifs is 2. The van der Waals surface area contributed by atoms with Crippen LogP contribution in [0.4, 0.5) is 5.69 Å².